The van der Waals surface area contributed by atoms with Gasteiger partial charge < -0.3 is 28.7 Å². The molecule has 158 valence electrons. The summed E-state index contributed by atoms with van der Waals surface area (Å²) in [4.78, 5) is 19.7. The van der Waals surface area contributed by atoms with Crippen molar-refractivity contribution >= 4 is 33.6 Å². The third-order valence-electron chi connectivity index (χ3n) is 4.42. The second kappa shape index (κ2) is 8.96. The van der Waals surface area contributed by atoms with Gasteiger partial charge in [-0.25, -0.2) is 4.98 Å². The molecule has 0 saturated carbocycles. The third-order valence-corrected chi connectivity index (χ3v) is 4.71. The van der Waals surface area contributed by atoms with Gasteiger partial charge in [0, 0.05) is 6.07 Å². The zero-order valence-corrected chi connectivity index (χ0v) is 17.9. The number of methoxy groups -OCH3 is 5. The summed E-state index contributed by atoms with van der Waals surface area (Å²) in [6.45, 7) is 0. The number of H-pyrrole nitrogens is 1. The first-order chi connectivity index (χ1) is 14.4. The first kappa shape index (κ1) is 21.3. The van der Waals surface area contributed by atoms with Crippen molar-refractivity contribution in [2.75, 3.05) is 35.5 Å². The van der Waals surface area contributed by atoms with Crippen LogP contribution in [0.15, 0.2) is 29.1 Å². The highest BCUT2D eigenvalue weighted by molar-refractivity contribution is 6.50. The summed E-state index contributed by atoms with van der Waals surface area (Å²) >= 11 is 6.47. The number of nitrogens with one attached hydrogen (secondary N) is 1. The Morgan fingerprint density at radius 2 is 1.43 bits per heavy atom. The van der Waals surface area contributed by atoms with Gasteiger partial charge in [-0.3, -0.25) is 4.79 Å². The molecule has 1 heterocycles. The van der Waals surface area contributed by atoms with Gasteiger partial charge in [0.2, 0.25) is 5.75 Å². The van der Waals surface area contributed by atoms with Crippen LogP contribution in [0.1, 0.15) is 11.4 Å². The average molecular weight is 433 g/mol. The van der Waals surface area contributed by atoms with Crippen molar-refractivity contribution in [2.45, 2.75) is 0 Å². The van der Waals surface area contributed by atoms with Crippen LogP contribution in [0.25, 0.3) is 22.0 Å². The molecule has 3 aromatic rings. The highest BCUT2D eigenvalue weighted by Crippen LogP contribution is 2.39. The highest BCUT2D eigenvalue weighted by Gasteiger charge is 2.15. The Labute approximate surface area is 178 Å². The Hall–Kier alpha value is -3.39. The minimum atomic E-state index is -0.354. The van der Waals surface area contributed by atoms with Crippen LogP contribution in [-0.4, -0.2) is 45.5 Å². The maximum absolute atomic E-state index is 12.6. The van der Waals surface area contributed by atoms with Crippen molar-refractivity contribution in [3.05, 3.63) is 46.0 Å². The van der Waals surface area contributed by atoms with Crippen LogP contribution in [0.5, 0.6) is 28.7 Å². The molecule has 2 aromatic carbocycles. The van der Waals surface area contributed by atoms with Gasteiger partial charge in [-0.15, -0.1) is 0 Å². The van der Waals surface area contributed by atoms with Crippen molar-refractivity contribution in [1.82, 2.24) is 9.97 Å². The van der Waals surface area contributed by atoms with E-state index in [1.807, 2.05) is 0 Å². The van der Waals surface area contributed by atoms with Gasteiger partial charge in [-0.1, -0.05) is 11.6 Å². The molecule has 0 bridgehead atoms. The maximum atomic E-state index is 12.6. The molecular weight excluding hydrogens is 412 g/mol. The van der Waals surface area contributed by atoms with Crippen LogP contribution < -0.4 is 29.2 Å². The van der Waals surface area contributed by atoms with Gasteiger partial charge in [-0.05, 0) is 29.8 Å². The Morgan fingerprint density at radius 3 is 1.97 bits per heavy atom. The highest BCUT2D eigenvalue weighted by atomic mass is 35.5. The number of aromatic amines is 1. The fourth-order valence-electron chi connectivity index (χ4n) is 2.98. The minimum Gasteiger partial charge on any atom is -0.493 e. The molecule has 0 fully saturated rings. The van der Waals surface area contributed by atoms with Gasteiger partial charge in [0.15, 0.2) is 28.8 Å². The van der Waals surface area contributed by atoms with Gasteiger partial charge in [0.1, 0.15) is 0 Å². The molecule has 0 aliphatic heterocycles. The van der Waals surface area contributed by atoms with Crippen molar-refractivity contribution < 1.29 is 23.7 Å². The lowest BCUT2D eigenvalue weighted by atomic mass is 10.1. The predicted molar refractivity (Wildman–Crippen MR) is 115 cm³/mol. The number of ether oxygens (including phenoxy) is 5. The summed E-state index contributed by atoms with van der Waals surface area (Å²) in [7, 11) is 7.58. The first-order valence-electron chi connectivity index (χ1n) is 8.79. The van der Waals surface area contributed by atoms with Gasteiger partial charge in [-0.2, -0.15) is 0 Å². The molecule has 0 spiro atoms. The van der Waals surface area contributed by atoms with Crippen LogP contribution in [0.2, 0.25) is 0 Å². The lowest BCUT2D eigenvalue weighted by Gasteiger charge is -2.13. The number of aromatic nitrogens is 2. The van der Waals surface area contributed by atoms with Crippen molar-refractivity contribution in [1.29, 1.82) is 0 Å². The molecule has 0 unspecified atom stereocenters. The van der Waals surface area contributed by atoms with Crippen LogP contribution >= 0.6 is 11.6 Å². The Morgan fingerprint density at radius 1 is 0.867 bits per heavy atom. The topological polar surface area (TPSA) is 91.9 Å². The summed E-state index contributed by atoms with van der Waals surface area (Å²) in [5, 5.41) is 0.576. The van der Waals surface area contributed by atoms with E-state index in [2.05, 4.69) is 9.97 Å². The number of hydrogen-bond acceptors (Lipinski definition) is 7. The zero-order chi connectivity index (χ0) is 21.8. The molecule has 8 nitrogen and oxygen atoms in total. The number of rotatable bonds is 7. The molecule has 9 heteroatoms. The second-order valence-electron chi connectivity index (χ2n) is 6.09. The normalized spacial score (nSPS) is 11.3. The molecule has 0 radical (unpaired) electrons. The van der Waals surface area contributed by atoms with Gasteiger partial charge in [0.05, 0.1) is 51.5 Å². The summed E-state index contributed by atoms with van der Waals surface area (Å²) in [6.07, 6.45) is 1.64. The second-order valence-corrected chi connectivity index (χ2v) is 6.50. The molecule has 0 aliphatic rings. The number of halogens is 1. The van der Waals surface area contributed by atoms with E-state index in [0.717, 1.165) is 0 Å². The van der Waals surface area contributed by atoms with E-state index in [4.69, 9.17) is 35.3 Å². The molecule has 1 aromatic heterocycles. The number of fused-ring (bicyclic) bond motifs is 1. The molecule has 3 rings (SSSR count). The number of benzene rings is 2. The average Bonchev–Trinajstić information content (AvgIpc) is 2.77. The lowest BCUT2D eigenvalue weighted by Crippen LogP contribution is -2.11. The van der Waals surface area contributed by atoms with E-state index in [9.17, 15) is 4.79 Å². The minimum absolute atomic E-state index is 0.204. The lowest BCUT2D eigenvalue weighted by molar-refractivity contribution is 0.324. The van der Waals surface area contributed by atoms with E-state index < -0.39 is 0 Å². The smallest absolute Gasteiger partial charge is 0.259 e. The third kappa shape index (κ3) is 3.99. The van der Waals surface area contributed by atoms with E-state index >= 15 is 0 Å². The van der Waals surface area contributed by atoms with Crippen molar-refractivity contribution in [3.8, 4) is 28.7 Å². The summed E-state index contributed by atoms with van der Waals surface area (Å²) in [6, 6.07) is 6.66. The van der Waals surface area contributed by atoms with E-state index in [0.29, 0.717) is 45.2 Å². The number of nitrogens with zero attached hydrogens (tertiary/aromatic N) is 1. The largest absolute Gasteiger partial charge is 0.493 e. The molecule has 30 heavy (non-hydrogen) atoms. The maximum Gasteiger partial charge on any atom is 0.259 e. The molecule has 0 aliphatic carbocycles. The van der Waals surface area contributed by atoms with Crippen molar-refractivity contribution in [3.63, 3.8) is 0 Å². The zero-order valence-electron chi connectivity index (χ0n) is 17.2. The summed E-state index contributed by atoms with van der Waals surface area (Å²) in [5.74, 6) is 2.51. The molecule has 0 atom stereocenters. The van der Waals surface area contributed by atoms with Crippen LogP contribution in [-0.2, 0) is 0 Å². The Balaban J connectivity index is 2.11. The van der Waals surface area contributed by atoms with E-state index in [1.165, 1.54) is 35.5 Å². The summed E-state index contributed by atoms with van der Waals surface area (Å²) < 4.78 is 26.6. The summed E-state index contributed by atoms with van der Waals surface area (Å²) in [5.41, 5.74) is 0.736. The monoisotopic (exact) mass is 432 g/mol. The fourth-order valence-corrected chi connectivity index (χ4v) is 3.19. The van der Waals surface area contributed by atoms with Gasteiger partial charge >= 0.3 is 0 Å². The quantitative estimate of drug-likeness (QED) is 0.608. The molecule has 1 N–H and O–H groups in total. The SMILES string of the molecule is COc1cc2nc(/C(Cl)=C/c3cc(OC)c(OC)c(OC)c3)[nH]c(=O)c2cc1OC. The molecule has 0 amide bonds. The molecule has 0 saturated heterocycles. The Bertz CT molecular complexity index is 1150. The molecular formula is C21H21ClN2O6. The van der Waals surface area contributed by atoms with Gasteiger partial charge in [0.25, 0.3) is 5.56 Å². The number of hydrogen-bond donors (Lipinski definition) is 1. The fraction of sp³-hybridized carbons (Fsp3) is 0.238. The predicted octanol–water partition coefficient (Wildman–Crippen LogP) is 3.70. The van der Waals surface area contributed by atoms with Crippen LogP contribution in [0.4, 0.5) is 0 Å². The van der Waals surface area contributed by atoms with Crippen LogP contribution in [0, 0.1) is 0 Å². The van der Waals surface area contributed by atoms with Crippen molar-refractivity contribution in [2.24, 2.45) is 0 Å². The standard InChI is InChI=1S/C21H21ClN2O6/c1-26-15-9-12-14(10-16(15)27-2)23-20(24-21(12)25)13(22)6-11-7-17(28-3)19(30-5)18(8-11)29-4/h6-10H,1-5H3,(H,23,24,25)/b13-6-. The van der Waals surface area contributed by atoms with E-state index in [-0.39, 0.29) is 16.4 Å². The van der Waals surface area contributed by atoms with Crippen LogP contribution in [0.3, 0.4) is 0 Å². The first-order valence-corrected chi connectivity index (χ1v) is 9.17. The Kier molecular flexibility index (Phi) is 6.37. The van der Waals surface area contributed by atoms with E-state index in [1.54, 1.807) is 30.3 Å².